The van der Waals surface area contributed by atoms with Crippen LogP contribution >= 0.6 is 23.4 Å². The van der Waals surface area contributed by atoms with Gasteiger partial charge in [0.05, 0.1) is 12.1 Å². The average Bonchev–Trinajstić information content (AvgIpc) is 2.79. The van der Waals surface area contributed by atoms with Crippen molar-refractivity contribution >= 4 is 23.4 Å². The van der Waals surface area contributed by atoms with Gasteiger partial charge in [0.2, 0.25) is 0 Å². The number of ether oxygens (including phenoxy) is 1. The maximum absolute atomic E-state index is 6.02. The number of thioether (sulfide) groups is 1. The summed E-state index contributed by atoms with van der Waals surface area (Å²) in [5.74, 6) is 1.48. The molecule has 0 aliphatic heterocycles. The molecule has 0 amide bonds. The Labute approximate surface area is 102 Å². The van der Waals surface area contributed by atoms with Gasteiger partial charge in [-0.15, -0.1) is 0 Å². The van der Waals surface area contributed by atoms with E-state index < -0.39 is 0 Å². The summed E-state index contributed by atoms with van der Waals surface area (Å²) in [6.07, 6.45) is 1.49. The summed E-state index contributed by atoms with van der Waals surface area (Å²) in [6, 6.07) is 5.73. The van der Waals surface area contributed by atoms with Gasteiger partial charge in [0.15, 0.2) is 5.16 Å². The maximum Gasteiger partial charge on any atom is 0.183 e. The van der Waals surface area contributed by atoms with Crippen molar-refractivity contribution in [2.75, 3.05) is 7.11 Å². The lowest BCUT2D eigenvalue weighted by Gasteiger charge is -2.04. The van der Waals surface area contributed by atoms with Crippen molar-refractivity contribution in [2.24, 2.45) is 0 Å². The predicted molar refractivity (Wildman–Crippen MR) is 63.9 cm³/mol. The van der Waals surface area contributed by atoms with Gasteiger partial charge in [-0.25, -0.2) is 4.98 Å². The molecule has 0 unspecified atom stereocenters. The van der Waals surface area contributed by atoms with Gasteiger partial charge >= 0.3 is 0 Å². The largest absolute Gasteiger partial charge is 0.495 e. The molecule has 4 nitrogen and oxygen atoms in total. The van der Waals surface area contributed by atoms with Crippen LogP contribution in [0.2, 0.25) is 5.02 Å². The van der Waals surface area contributed by atoms with Gasteiger partial charge in [-0.2, -0.15) is 5.10 Å². The standard InChI is InChI=1S/C10H10ClN3OS/c1-15-9-3-2-7(4-8(9)11)5-16-10-12-6-13-14-10/h2-4,6H,5H2,1H3,(H,12,13,14). The molecule has 1 N–H and O–H groups in total. The van der Waals surface area contributed by atoms with Crippen LogP contribution in [0.25, 0.3) is 0 Å². The van der Waals surface area contributed by atoms with Crippen LogP contribution in [-0.4, -0.2) is 22.3 Å². The highest BCUT2D eigenvalue weighted by Crippen LogP contribution is 2.27. The molecule has 2 rings (SSSR count). The number of hydrogen-bond donors (Lipinski definition) is 1. The first-order chi connectivity index (χ1) is 7.79. The fraction of sp³-hybridized carbons (Fsp3) is 0.200. The Kier molecular flexibility index (Phi) is 3.69. The summed E-state index contributed by atoms with van der Waals surface area (Å²) >= 11 is 7.59. The molecule has 2 aromatic rings. The third-order valence-corrected chi connectivity index (χ3v) is 3.23. The highest BCUT2D eigenvalue weighted by molar-refractivity contribution is 7.98. The van der Waals surface area contributed by atoms with Gasteiger partial charge in [0.1, 0.15) is 12.1 Å². The number of aromatic amines is 1. The third-order valence-electron chi connectivity index (χ3n) is 1.98. The number of nitrogens with one attached hydrogen (secondary N) is 1. The van der Waals surface area contributed by atoms with Gasteiger partial charge in [-0.3, -0.25) is 5.10 Å². The average molecular weight is 256 g/mol. The van der Waals surface area contributed by atoms with Gasteiger partial charge < -0.3 is 4.74 Å². The van der Waals surface area contributed by atoms with Crippen molar-refractivity contribution < 1.29 is 4.74 Å². The van der Waals surface area contributed by atoms with Crippen LogP contribution in [0.15, 0.2) is 29.7 Å². The number of methoxy groups -OCH3 is 1. The van der Waals surface area contributed by atoms with Crippen LogP contribution in [0, 0.1) is 0 Å². The molecular formula is C10H10ClN3OS. The molecule has 16 heavy (non-hydrogen) atoms. The van der Waals surface area contributed by atoms with Gasteiger partial charge in [-0.05, 0) is 17.7 Å². The molecular weight excluding hydrogens is 246 g/mol. The molecule has 0 aliphatic rings. The van der Waals surface area contributed by atoms with Crippen LogP contribution in [0.3, 0.4) is 0 Å². The van der Waals surface area contributed by atoms with E-state index in [0.29, 0.717) is 10.8 Å². The zero-order valence-electron chi connectivity index (χ0n) is 8.61. The second-order valence-electron chi connectivity index (χ2n) is 3.05. The Morgan fingerprint density at radius 1 is 1.50 bits per heavy atom. The van der Waals surface area contributed by atoms with Crippen LogP contribution in [0.5, 0.6) is 5.75 Å². The van der Waals surface area contributed by atoms with Crippen molar-refractivity contribution in [2.45, 2.75) is 10.9 Å². The molecule has 1 heterocycles. The minimum Gasteiger partial charge on any atom is -0.495 e. The van der Waals surface area contributed by atoms with Crippen molar-refractivity contribution in [1.82, 2.24) is 15.2 Å². The summed E-state index contributed by atoms with van der Waals surface area (Å²) < 4.78 is 5.08. The van der Waals surface area contributed by atoms with Crippen LogP contribution < -0.4 is 4.74 Å². The fourth-order valence-corrected chi connectivity index (χ4v) is 2.22. The molecule has 1 aromatic carbocycles. The van der Waals surface area contributed by atoms with E-state index in [-0.39, 0.29) is 0 Å². The van der Waals surface area contributed by atoms with Crippen LogP contribution in [-0.2, 0) is 5.75 Å². The maximum atomic E-state index is 6.02. The van der Waals surface area contributed by atoms with E-state index in [2.05, 4.69) is 15.2 Å². The van der Waals surface area contributed by atoms with Crippen molar-refractivity contribution in [1.29, 1.82) is 0 Å². The number of nitrogens with zero attached hydrogens (tertiary/aromatic N) is 2. The van der Waals surface area contributed by atoms with Gasteiger partial charge in [0, 0.05) is 5.75 Å². The summed E-state index contributed by atoms with van der Waals surface area (Å²) in [5.41, 5.74) is 1.12. The van der Waals surface area contributed by atoms with Crippen LogP contribution in [0.4, 0.5) is 0 Å². The third kappa shape index (κ3) is 2.68. The van der Waals surface area contributed by atoms with E-state index in [1.54, 1.807) is 18.9 Å². The lowest BCUT2D eigenvalue weighted by atomic mass is 10.2. The molecule has 0 saturated carbocycles. The molecule has 0 bridgehead atoms. The van der Waals surface area contributed by atoms with Crippen molar-refractivity contribution in [3.05, 3.63) is 35.1 Å². The Morgan fingerprint density at radius 3 is 3.00 bits per heavy atom. The minimum absolute atomic E-state index is 0.623. The minimum atomic E-state index is 0.623. The molecule has 0 radical (unpaired) electrons. The Hall–Kier alpha value is -1.20. The van der Waals surface area contributed by atoms with Crippen LogP contribution in [0.1, 0.15) is 5.56 Å². The summed E-state index contributed by atoms with van der Waals surface area (Å²) in [4.78, 5) is 4.03. The Bertz CT molecular complexity index is 461. The van der Waals surface area contributed by atoms with Gasteiger partial charge in [-0.1, -0.05) is 29.4 Å². The number of aromatic nitrogens is 3. The molecule has 84 valence electrons. The number of rotatable bonds is 4. The first-order valence-electron chi connectivity index (χ1n) is 4.60. The summed E-state index contributed by atoms with van der Waals surface area (Å²) in [7, 11) is 1.60. The SMILES string of the molecule is COc1ccc(CSc2ncn[nH]2)cc1Cl. The molecule has 0 saturated heterocycles. The predicted octanol–water partition coefficient (Wildman–Crippen LogP) is 2.76. The molecule has 0 atom stereocenters. The molecule has 6 heteroatoms. The van der Waals surface area contributed by atoms with Crippen molar-refractivity contribution in [3.63, 3.8) is 0 Å². The number of benzene rings is 1. The molecule has 0 aliphatic carbocycles. The second-order valence-corrected chi connectivity index (χ2v) is 4.42. The second kappa shape index (κ2) is 5.23. The highest BCUT2D eigenvalue weighted by atomic mass is 35.5. The smallest absolute Gasteiger partial charge is 0.183 e. The topological polar surface area (TPSA) is 50.8 Å². The molecule has 1 aromatic heterocycles. The molecule has 0 spiro atoms. The van der Waals surface area contributed by atoms with E-state index in [1.807, 2.05) is 18.2 Å². The fourth-order valence-electron chi connectivity index (χ4n) is 1.22. The first kappa shape index (κ1) is 11.3. The van der Waals surface area contributed by atoms with Gasteiger partial charge in [0.25, 0.3) is 0 Å². The summed E-state index contributed by atoms with van der Waals surface area (Å²) in [6.45, 7) is 0. The zero-order chi connectivity index (χ0) is 11.4. The molecule has 0 fully saturated rings. The lowest BCUT2D eigenvalue weighted by molar-refractivity contribution is 0.415. The quantitative estimate of drug-likeness (QED) is 0.854. The lowest BCUT2D eigenvalue weighted by Crippen LogP contribution is -1.87. The number of H-pyrrole nitrogens is 1. The van der Waals surface area contributed by atoms with E-state index >= 15 is 0 Å². The first-order valence-corrected chi connectivity index (χ1v) is 5.96. The summed E-state index contributed by atoms with van der Waals surface area (Å²) in [5, 5.41) is 7.99. The Morgan fingerprint density at radius 2 is 2.38 bits per heavy atom. The Balaban J connectivity index is 2.02. The van der Waals surface area contributed by atoms with E-state index in [1.165, 1.54) is 6.33 Å². The highest BCUT2D eigenvalue weighted by Gasteiger charge is 2.03. The number of hydrogen-bond acceptors (Lipinski definition) is 4. The van der Waals surface area contributed by atoms with E-state index in [9.17, 15) is 0 Å². The number of halogens is 1. The van der Waals surface area contributed by atoms with Crippen molar-refractivity contribution in [3.8, 4) is 5.75 Å². The zero-order valence-corrected chi connectivity index (χ0v) is 10.2. The van der Waals surface area contributed by atoms with E-state index in [4.69, 9.17) is 16.3 Å². The monoisotopic (exact) mass is 255 g/mol. The van der Waals surface area contributed by atoms with E-state index in [0.717, 1.165) is 16.5 Å². The normalized spacial score (nSPS) is 10.4.